The van der Waals surface area contributed by atoms with E-state index in [1.54, 1.807) is 0 Å². The monoisotopic (exact) mass is 440 g/mol. The SMILES string of the molecule is CCCCCCc1cnc(-c2ccc(CCCCCCCCCCC(F)CC)cc2)nc1. The molecule has 0 amide bonds. The van der Waals surface area contributed by atoms with Crippen molar-refractivity contribution in [1.82, 2.24) is 9.97 Å². The van der Waals surface area contributed by atoms with E-state index in [1.807, 2.05) is 19.3 Å². The van der Waals surface area contributed by atoms with Crippen LogP contribution in [0.1, 0.15) is 115 Å². The smallest absolute Gasteiger partial charge is 0.159 e. The zero-order valence-electron chi connectivity index (χ0n) is 20.6. The van der Waals surface area contributed by atoms with Crippen molar-refractivity contribution in [2.75, 3.05) is 0 Å². The molecule has 1 unspecified atom stereocenters. The lowest BCUT2D eigenvalue weighted by atomic mass is 10.0. The van der Waals surface area contributed by atoms with Crippen LogP contribution in [0.15, 0.2) is 36.7 Å². The summed E-state index contributed by atoms with van der Waals surface area (Å²) >= 11 is 0. The van der Waals surface area contributed by atoms with Crippen LogP contribution in [-0.4, -0.2) is 16.1 Å². The minimum absolute atomic E-state index is 0.581. The summed E-state index contributed by atoms with van der Waals surface area (Å²) in [6.45, 7) is 4.18. The van der Waals surface area contributed by atoms with Crippen molar-refractivity contribution in [3.63, 3.8) is 0 Å². The lowest BCUT2D eigenvalue weighted by Crippen LogP contribution is -1.96. The van der Waals surface area contributed by atoms with Gasteiger partial charge in [0.1, 0.15) is 0 Å². The molecule has 0 bridgehead atoms. The van der Waals surface area contributed by atoms with E-state index in [0.717, 1.165) is 37.1 Å². The number of unbranched alkanes of at least 4 members (excludes halogenated alkanes) is 10. The number of aryl methyl sites for hydroxylation is 2. The molecular formula is C29H45FN2. The van der Waals surface area contributed by atoms with E-state index in [4.69, 9.17) is 0 Å². The lowest BCUT2D eigenvalue weighted by molar-refractivity contribution is 0.296. The fourth-order valence-electron chi connectivity index (χ4n) is 4.17. The highest BCUT2D eigenvalue weighted by Gasteiger charge is 2.04. The fourth-order valence-corrected chi connectivity index (χ4v) is 4.17. The first-order chi connectivity index (χ1) is 15.7. The Morgan fingerprint density at radius 1 is 0.656 bits per heavy atom. The molecule has 0 fully saturated rings. The molecule has 1 atom stereocenters. The zero-order chi connectivity index (χ0) is 22.9. The Balaban J connectivity index is 1.57. The minimum Gasteiger partial charge on any atom is -0.248 e. The molecule has 0 N–H and O–H groups in total. The lowest BCUT2D eigenvalue weighted by Gasteiger charge is -2.06. The van der Waals surface area contributed by atoms with Crippen molar-refractivity contribution in [2.45, 2.75) is 123 Å². The molecule has 0 spiro atoms. The second kappa shape index (κ2) is 16.8. The minimum atomic E-state index is -0.581. The molecule has 1 heterocycles. The summed E-state index contributed by atoms with van der Waals surface area (Å²) in [5.74, 6) is 0.825. The number of hydrogen-bond donors (Lipinski definition) is 0. The highest BCUT2D eigenvalue weighted by molar-refractivity contribution is 5.55. The first-order valence-corrected chi connectivity index (χ1v) is 13.3. The molecule has 2 aromatic rings. The summed E-state index contributed by atoms with van der Waals surface area (Å²) in [6.07, 6.45) is 22.2. The van der Waals surface area contributed by atoms with Gasteiger partial charge in [-0.1, -0.05) is 102 Å². The highest BCUT2D eigenvalue weighted by Crippen LogP contribution is 2.18. The van der Waals surface area contributed by atoms with E-state index in [1.165, 1.54) is 81.8 Å². The topological polar surface area (TPSA) is 25.8 Å². The molecule has 1 aromatic heterocycles. The molecule has 0 aliphatic heterocycles. The van der Waals surface area contributed by atoms with Crippen LogP contribution in [0.4, 0.5) is 4.39 Å². The van der Waals surface area contributed by atoms with Gasteiger partial charge in [-0.3, -0.25) is 0 Å². The van der Waals surface area contributed by atoms with Gasteiger partial charge in [-0.05, 0) is 49.7 Å². The molecular weight excluding hydrogens is 395 g/mol. The fraction of sp³-hybridized carbons (Fsp3) is 0.655. The van der Waals surface area contributed by atoms with Gasteiger partial charge in [0.15, 0.2) is 5.82 Å². The van der Waals surface area contributed by atoms with E-state index >= 15 is 0 Å². The average Bonchev–Trinajstić information content (AvgIpc) is 2.83. The molecule has 0 radical (unpaired) electrons. The number of rotatable bonds is 18. The number of nitrogens with zero attached hydrogens (tertiary/aromatic N) is 2. The zero-order valence-corrected chi connectivity index (χ0v) is 20.6. The standard InChI is InChI=1S/C29H45FN2/c1-3-5-6-13-17-26-23-31-29(32-24-26)27-21-19-25(20-22-27)16-14-11-9-7-8-10-12-15-18-28(30)4-2/h19-24,28H,3-18H2,1-2H3. The number of aromatic nitrogens is 2. The van der Waals surface area contributed by atoms with Gasteiger partial charge >= 0.3 is 0 Å². The number of alkyl halides is 1. The van der Waals surface area contributed by atoms with Gasteiger partial charge in [-0.15, -0.1) is 0 Å². The molecule has 0 aliphatic rings. The van der Waals surface area contributed by atoms with Gasteiger partial charge in [0, 0.05) is 18.0 Å². The Morgan fingerprint density at radius 2 is 1.19 bits per heavy atom. The second-order valence-electron chi connectivity index (χ2n) is 9.30. The molecule has 0 saturated carbocycles. The third kappa shape index (κ3) is 11.2. The number of halogens is 1. The summed E-state index contributed by atoms with van der Waals surface area (Å²) in [5.41, 5.74) is 3.74. The maximum absolute atomic E-state index is 13.2. The summed E-state index contributed by atoms with van der Waals surface area (Å²) in [4.78, 5) is 9.17. The maximum Gasteiger partial charge on any atom is 0.159 e. The van der Waals surface area contributed by atoms with E-state index in [2.05, 4.69) is 41.2 Å². The van der Waals surface area contributed by atoms with Crippen molar-refractivity contribution in [2.24, 2.45) is 0 Å². The molecule has 0 saturated heterocycles. The Kier molecular flexibility index (Phi) is 13.9. The Morgan fingerprint density at radius 3 is 1.78 bits per heavy atom. The third-order valence-corrected chi connectivity index (χ3v) is 6.41. The van der Waals surface area contributed by atoms with E-state index in [0.29, 0.717) is 6.42 Å². The van der Waals surface area contributed by atoms with Crippen LogP contribution in [-0.2, 0) is 12.8 Å². The quantitative estimate of drug-likeness (QED) is 0.216. The van der Waals surface area contributed by atoms with Gasteiger partial charge in [0.05, 0.1) is 6.17 Å². The summed E-state index contributed by atoms with van der Waals surface area (Å²) in [5, 5.41) is 0. The van der Waals surface area contributed by atoms with Crippen molar-refractivity contribution in [3.05, 3.63) is 47.8 Å². The van der Waals surface area contributed by atoms with Crippen molar-refractivity contribution >= 4 is 0 Å². The van der Waals surface area contributed by atoms with Crippen molar-refractivity contribution < 1.29 is 4.39 Å². The predicted octanol–water partition coefficient (Wildman–Crippen LogP) is 9.07. The molecule has 2 nitrogen and oxygen atoms in total. The Hall–Kier alpha value is -1.77. The molecule has 3 heteroatoms. The van der Waals surface area contributed by atoms with Crippen molar-refractivity contribution in [1.29, 1.82) is 0 Å². The maximum atomic E-state index is 13.2. The first-order valence-electron chi connectivity index (χ1n) is 13.3. The average molecular weight is 441 g/mol. The van der Waals surface area contributed by atoms with Gasteiger partial charge in [-0.25, -0.2) is 14.4 Å². The summed E-state index contributed by atoms with van der Waals surface area (Å²) in [6, 6.07) is 8.77. The van der Waals surface area contributed by atoms with Crippen LogP contribution in [0.5, 0.6) is 0 Å². The van der Waals surface area contributed by atoms with Crippen LogP contribution < -0.4 is 0 Å². The molecule has 2 rings (SSSR count). The van der Waals surface area contributed by atoms with Crippen LogP contribution in [0.2, 0.25) is 0 Å². The summed E-state index contributed by atoms with van der Waals surface area (Å²) < 4.78 is 13.2. The first kappa shape index (κ1) is 26.5. The molecule has 0 aliphatic carbocycles. The van der Waals surface area contributed by atoms with Crippen LogP contribution >= 0.6 is 0 Å². The normalized spacial score (nSPS) is 12.2. The highest BCUT2D eigenvalue weighted by atomic mass is 19.1. The number of hydrogen-bond acceptors (Lipinski definition) is 2. The molecule has 1 aromatic carbocycles. The van der Waals surface area contributed by atoms with Gasteiger partial charge in [-0.2, -0.15) is 0 Å². The van der Waals surface area contributed by atoms with E-state index < -0.39 is 6.17 Å². The third-order valence-electron chi connectivity index (χ3n) is 6.41. The number of benzene rings is 1. The van der Waals surface area contributed by atoms with Gasteiger partial charge in [0.2, 0.25) is 0 Å². The largest absolute Gasteiger partial charge is 0.248 e. The van der Waals surface area contributed by atoms with Crippen LogP contribution in [0.25, 0.3) is 11.4 Å². The predicted molar refractivity (Wildman–Crippen MR) is 136 cm³/mol. The Bertz CT molecular complexity index is 696. The van der Waals surface area contributed by atoms with Crippen LogP contribution in [0, 0.1) is 0 Å². The van der Waals surface area contributed by atoms with E-state index in [-0.39, 0.29) is 0 Å². The van der Waals surface area contributed by atoms with Gasteiger partial charge in [0.25, 0.3) is 0 Å². The van der Waals surface area contributed by atoms with Gasteiger partial charge < -0.3 is 0 Å². The second-order valence-corrected chi connectivity index (χ2v) is 9.30. The van der Waals surface area contributed by atoms with Crippen LogP contribution in [0.3, 0.4) is 0 Å². The summed E-state index contributed by atoms with van der Waals surface area (Å²) in [7, 11) is 0. The molecule has 32 heavy (non-hydrogen) atoms. The van der Waals surface area contributed by atoms with E-state index in [9.17, 15) is 4.39 Å². The molecule has 178 valence electrons. The van der Waals surface area contributed by atoms with Crippen molar-refractivity contribution in [3.8, 4) is 11.4 Å². The Labute approximate surface area is 196 Å².